The largest absolute Gasteiger partial charge is 0.733 e. The molecule has 0 radical (unpaired) electrons. The Morgan fingerprint density at radius 2 is 2.29 bits per heavy atom. The van der Waals surface area contributed by atoms with Crippen molar-refractivity contribution in [3.63, 3.8) is 0 Å². The summed E-state index contributed by atoms with van der Waals surface area (Å²) in [6, 6.07) is 4.57. The smallest absolute Gasteiger partial charge is 0.221 e. The number of amides is 1. The number of benzene rings is 1. The number of anilines is 2. The molecule has 6 heteroatoms. The van der Waals surface area contributed by atoms with Crippen LogP contribution in [0.1, 0.15) is 6.92 Å². The summed E-state index contributed by atoms with van der Waals surface area (Å²) in [4.78, 5) is 10.7. The number of hydrogen-bond acceptors (Lipinski definition) is 4. The van der Waals surface area contributed by atoms with E-state index in [2.05, 4.69) is 21.2 Å². The van der Waals surface area contributed by atoms with Gasteiger partial charge in [0.2, 0.25) is 5.91 Å². The molecule has 0 aliphatic carbocycles. The van der Waals surface area contributed by atoms with E-state index in [1.54, 1.807) is 6.07 Å². The van der Waals surface area contributed by atoms with Gasteiger partial charge in [-0.1, -0.05) is 15.9 Å². The Bertz CT molecular complexity index is 354. The first-order valence-electron chi connectivity index (χ1n) is 3.74. The molecule has 1 amide bonds. The molecule has 0 aliphatic heterocycles. The Kier molecular flexibility index (Phi) is 3.45. The van der Waals surface area contributed by atoms with Gasteiger partial charge >= 0.3 is 0 Å². The fourth-order valence-corrected chi connectivity index (χ4v) is 1.31. The monoisotopic (exact) mass is 259 g/mol. The van der Waals surface area contributed by atoms with Crippen molar-refractivity contribution in [2.75, 3.05) is 10.5 Å². The quantitative estimate of drug-likeness (QED) is 0.798. The Morgan fingerprint density at radius 1 is 1.64 bits per heavy atom. The van der Waals surface area contributed by atoms with Crippen molar-refractivity contribution in [3.8, 4) is 0 Å². The van der Waals surface area contributed by atoms with Gasteiger partial charge in [0.25, 0.3) is 0 Å². The number of carbonyl (C=O) groups excluding carboxylic acids is 1. The number of nitrogens with zero attached hydrogens (tertiary/aromatic N) is 1. The minimum Gasteiger partial charge on any atom is -0.733 e. The van der Waals surface area contributed by atoms with Gasteiger partial charge in [-0.15, -0.1) is 0 Å². The highest BCUT2D eigenvalue weighted by molar-refractivity contribution is 9.10. The summed E-state index contributed by atoms with van der Waals surface area (Å²) >= 11 is 3.14. The zero-order valence-electron chi connectivity index (χ0n) is 7.32. The summed E-state index contributed by atoms with van der Waals surface area (Å²) < 4.78 is 0.636. The number of halogens is 1. The van der Waals surface area contributed by atoms with E-state index in [1.165, 1.54) is 19.1 Å². The highest BCUT2D eigenvalue weighted by atomic mass is 79.9. The highest BCUT2D eigenvalue weighted by Crippen LogP contribution is 2.28. The van der Waals surface area contributed by atoms with Crippen LogP contribution in [0.15, 0.2) is 22.7 Å². The number of carbonyl (C=O) groups is 1. The van der Waals surface area contributed by atoms with Crippen molar-refractivity contribution in [1.82, 2.24) is 0 Å². The highest BCUT2D eigenvalue weighted by Gasteiger charge is 2.04. The average Bonchev–Trinajstić information content (AvgIpc) is 2.07. The molecule has 0 heterocycles. The molecule has 5 nitrogen and oxygen atoms in total. The molecule has 14 heavy (non-hydrogen) atoms. The summed E-state index contributed by atoms with van der Waals surface area (Å²) in [6.07, 6.45) is 0. The topological polar surface area (TPSA) is 75.6 Å². The van der Waals surface area contributed by atoms with Crippen molar-refractivity contribution < 1.29 is 10.0 Å². The van der Waals surface area contributed by atoms with Crippen LogP contribution in [0.4, 0.5) is 11.4 Å². The maximum absolute atomic E-state index is 10.7. The van der Waals surface area contributed by atoms with Crippen LogP contribution in [0.25, 0.3) is 0 Å². The van der Waals surface area contributed by atoms with E-state index in [1.807, 2.05) is 0 Å². The minimum atomic E-state index is -0.310. The maximum Gasteiger partial charge on any atom is 0.221 e. The molecule has 76 valence electrons. The molecule has 1 aromatic rings. The van der Waals surface area contributed by atoms with E-state index in [0.717, 1.165) is 0 Å². The maximum atomic E-state index is 10.7. The van der Waals surface area contributed by atoms with E-state index in [-0.39, 0.29) is 22.5 Å². The number of rotatable bonds is 2. The van der Waals surface area contributed by atoms with Crippen molar-refractivity contribution in [3.05, 3.63) is 27.9 Å². The van der Waals surface area contributed by atoms with Gasteiger partial charge in [-0.2, -0.15) is 0 Å². The van der Waals surface area contributed by atoms with Gasteiger partial charge in [-0.3, -0.25) is 10.0 Å². The fourth-order valence-electron chi connectivity index (χ4n) is 0.958. The van der Waals surface area contributed by atoms with Crippen LogP contribution in [0, 0.1) is 5.21 Å². The summed E-state index contributed by atoms with van der Waals surface area (Å²) in [5, 5.41) is 21.6. The molecule has 0 unspecified atom stereocenters. The third-order valence-corrected chi connectivity index (χ3v) is 1.97. The van der Waals surface area contributed by atoms with Gasteiger partial charge in [0, 0.05) is 11.4 Å². The lowest BCUT2D eigenvalue weighted by Crippen LogP contribution is -2.13. The van der Waals surface area contributed by atoms with E-state index < -0.39 is 0 Å². The molecular formula is C8H8BrN2O3-. The molecule has 0 atom stereocenters. The van der Waals surface area contributed by atoms with Gasteiger partial charge < -0.3 is 15.8 Å². The summed E-state index contributed by atoms with van der Waals surface area (Å²) in [6.45, 7) is 1.32. The van der Waals surface area contributed by atoms with Crippen LogP contribution in [0.3, 0.4) is 0 Å². The molecule has 0 saturated carbocycles. The van der Waals surface area contributed by atoms with Crippen molar-refractivity contribution in [1.29, 1.82) is 0 Å². The third kappa shape index (κ3) is 2.69. The van der Waals surface area contributed by atoms with E-state index in [4.69, 9.17) is 5.21 Å². The van der Waals surface area contributed by atoms with E-state index in [9.17, 15) is 10.0 Å². The SMILES string of the molecule is CC(=O)Nc1ccc(Br)cc1N([O-])O. The molecule has 0 aliphatic rings. The normalized spacial score (nSPS) is 9.71. The van der Waals surface area contributed by atoms with E-state index in [0.29, 0.717) is 4.47 Å². The Balaban J connectivity index is 3.08. The third-order valence-electron chi connectivity index (χ3n) is 1.48. The summed E-state index contributed by atoms with van der Waals surface area (Å²) in [7, 11) is 0. The lowest BCUT2D eigenvalue weighted by Gasteiger charge is -2.24. The van der Waals surface area contributed by atoms with Crippen molar-refractivity contribution >= 4 is 33.2 Å². The number of nitrogens with one attached hydrogen (secondary N) is 1. The van der Waals surface area contributed by atoms with Gasteiger partial charge in [-0.05, 0) is 18.2 Å². The van der Waals surface area contributed by atoms with Crippen molar-refractivity contribution in [2.24, 2.45) is 0 Å². The average molecular weight is 260 g/mol. The summed E-state index contributed by atoms with van der Waals surface area (Å²) in [5.41, 5.74) is 0.243. The van der Waals surface area contributed by atoms with Crippen LogP contribution < -0.4 is 10.5 Å². The van der Waals surface area contributed by atoms with Crippen LogP contribution in [-0.4, -0.2) is 11.1 Å². The second kappa shape index (κ2) is 4.41. The molecule has 1 aromatic carbocycles. The molecular weight excluding hydrogens is 252 g/mol. The Hall–Kier alpha value is -1.11. The van der Waals surface area contributed by atoms with Crippen LogP contribution in [-0.2, 0) is 4.79 Å². The Morgan fingerprint density at radius 3 is 2.79 bits per heavy atom. The first-order chi connectivity index (χ1) is 6.50. The van der Waals surface area contributed by atoms with Gasteiger partial charge in [-0.25, -0.2) is 0 Å². The van der Waals surface area contributed by atoms with Gasteiger partial charge in [0.1, 0.15) is 0 Å². The molecule has 1 rings (SSSR count). The zero-order valence-corrected chi connectivity index (χ0v) is 8.91. The molecule has 2 N–H and O–H groups in total. The summed E-state index contributed by atoms with van der Waals surface area (Å²) in [5.74, 6) is -0.310. The second-order valence-electron chi connectivity index (χ2n) is 2.62. The molecule has 0 saturated heterocycles. The van der Waals surface area contributed by atoms with Crippen LogP contribution >= 0.6 is 15.9 Å². The van der Waals surface area contributed by atoms with Crippen LogP contribution in [0.5, 0.6) is 0 Å². The first kappa shape index (κ1) is 11.0. The molecule has 0 bridgehead atoms. The molecule has 0 spiro atoms. The lowest BCUT2D eigenvalue weighted by molar-refractivity contribution is -0.114. The number of hydrogen-bond donors (Lipinski definition) is 2. The lowest BCUT2D eigenvalue weighted by atomic mass is 10.2. The zero-order chi connectivity index (χ0) is 10.7. The predicted octanol–water partition coefficient (Wildman–Crippen LogP) is 2.10. The standard InChI is InChI=1S/C8H8BrN2O3/c1-5(12)10-7-3-2-6(9)4-8(7)11(13)14/h2-4,13H,1H3,(H,10,12)/q-1. The van der Waals surface area contributed by atoms with Crippen molar-refractivity contribution in [2.45, 2.75) is 6.92 Å². The van der Waals surface area contributed by atoms with Gasteiger partial charge in [0.15, 0.2) is 0 Å². The predicted molar refractivity (Wildman–Crippen MR) is 56.1 cm³/mol. The fraction of sp³-hybridized carbons (Fsp3) is 0.125. The molecule has 0 fully saturated rings. The minimum absolute atomic E-state index is 0.0189. The first-order valence-corrected chi connectivity index (χ1v) is 4.53. The molecule has 0 aromatic heterocycles. The Labute approximate surface area is 89.0 Å². The van der Waals surface area contributed by atoms with Crippen LogP contribution in [0.2, 0.25) is 0 Å². The second-order valence-corrected chi connectivity index (χ2v) is 3.53. The van der Waals surface area contributed by atoms with Gasteiger partial charge in [0.05, 0.1) is 11.4 Å². The van der Waals surface area contributed by atoms with E-state index >= 15 is 0 Å².